The number of aliphatic hydroxyl groups is 1. The lowest BCUT2D eigenvalue weighted by molar-refractivity contribution is -0.406. The van der Waals surface area contributed by atoms with Gasteiger partial charge in [-0.3, -0.25) is 0 Å². The molecule has 264 valence electrons. The monoisotopic (exact) mass is 666 g/mol. The first-order valence-electron chi connectivity index (χ1n) is 17.1. The number of benzene rings is 1. The lowest BCUT2D eigenvalue weighted by Gasteiger charge is -2.53. The van der Waals surface area contributed by atoms with Gasteiger partial charge in [0.15, 0.2) is 37.7 Å². The van der Waals surface area contributed by atoms with E-state index in [1.54, 1.807) is 0 Å². The van der Waals surface area contributed by atoms with Crippen molar-refractivity contribution >= 4 is 0 Å². The van der Waals surface area contributed by atoms with Gasteiger partial charge in [0.1, 0.15) is 36.6 Å². The van der Waals surface area contributed by atoms with Gasteiger partial charge in [0.2, 0.25) is 0 Å². The largest absolute Gasteiger partial charge is 0.390 e. The van der Waals surface area contributed by atoms with Crippen LogP contribution in [0.4, 0.5) is 0 Å². The van der Waals surface area contributed by atoms with Gasteiger partial charge in [0.05, 0.1) is 44.7 Å². The van der Waals surface area contributed by atoms with Crippen LogP contribution in [0.1, 0.15) is 47.1 Å². The highest BCUT2D eigenvalue weighted by atomic mass is 16.8. The van der Waals surface area contributed by atoms with Gasteiger partial charge in [-0.25, -0.2) is 0 Å². The molecule has 13 heteroatoms. The summed E-state index contributed by atoms with van der Waals surface area (Å²) in [5.74, 6) is -0.886. The van der Waals surface area contributed by atoms with Crippen molar-refractivity contribution in [3.63, 3.8) is 0 Å². The van der Waals surface area contributed by atoms with Gasteiger partial charge >= 0.3 is 0 Å². The van der Waals surface area contributed by atoms with Crippen molar-refractivity contribution in [3.8, 4) is 0 Å². The minimum Gasteiger partial charge on any atom is -0.390 e. The van der Waals surface area contributed by atoms with Gasteiger partial charge in [0.25, 0.3) is 0 Å². The molecule has 0 spiro atoms. The van der Waals surface area contributed by atoms with Crippen LogP contribution in [-0.2, 0) is 63.4 Å². The number of ether oxygens (including phenoxy) is 12. The van der Waals surface area contributed by atoms with Crippen LogP contribution in [-0.4, -0.2) is 118 Å². The molecule has 0 saturated carbocycles. The summed E-state index contributed by atoms with van der Waals surface area (Å²) in [5, 5.41) is 11.2. The van der Waals surface area contributed by atoms with E-state index in [9.17, 15) is 5.11 Å². The van der Waals surface area contributed by atoms with E-state index in [4.69, 9.17) is 56.8 Å². The molecule has 6 aliphatic rings. The molecule has 7 rings (SSSR count). The highest BCUT2D eigenvalue weighted by Gasteiger charge is 2.56. The first-order valence-corrected chi connectivity index (χ1v) is 17.1. The molecule has 6 fully saturated rings. The highest BCUT2D eigenvalue weighted by molar-refractivity contribution is 5.13. The Bertz CT molecular complexity index is 1160. The summed E-state index contributed by atoms with van der Waals surface area (Å²) in [4.78, 5) is 0. The van der Waals surface area contributed by atoms with E-state index in [1.807, 2.05) is 71.9 Å². The van der Waals surface area contributed by atoms with Gasteiger partial charge in [-0.1, -0.05) is 51.1 Å². The topological polar surface area (TPSA) is 131 Å². The maximum absolute atomic E-state index is 11.2. The molecule has 13 nitrogen and oxygen atoms in total. The summed E-state index contributed by atoms with van der Waals surface area (Å²) < 4.78 is 75.1. The van der Waals surface area contributed by atoms with Gasteiger partial charge in [-0.05, 0) is 26.3 Å². The minimum atomic E-state index is -0.793. The minimum absolute atomic E-state index is 0.209. The summed E-state index contributed by atoms with van der Waals surface area (Å²) in [6.07, 6.45) is -7.65. The predicted molar refractivity (Wildman–Crippen MR) is 161 cm³/mol. The quantitative estimate of drug-likeness (QED) is 0.458. The third kappa shape index (κ3) is 7.16. The Hall–Kier alpha value is -1.30. The summed E-state index contributed by atoms with van der Waals surface area (Å²) in [6, 6.07) is 9.99. The zero-order valence-corrected chi connectivity index (χ0v) is 28.0. The van der Waals surface area contributed by atoms with Crippen LogP contribution >= 0.6 is 0 Å². The molecule has 47 heavy (non-hydrogen) atoms. The third-order valence-electron chi connectivity index (χ3n) is 10.2. The molecule has 0 amide bonds. The zero-order chi connectivity index (χ0) is 32.8. The van der Waals surface area contributed by atoms with E-state index in [0.717, 1.165) is 5.56 Å². The predicted octanol–water partition coefficient (Wildman–Crippen LogP) is 2.70. The second-order valence-electron chi connectivity index (χ2n) is 13.7. The van der Waals surface area contributed by atoms with Crippen LogP contribution in [0.3, 0.4) is 0 Å². The molecule has 6 heterocycles. The first-order chi connectivity index (χ1) is 22.7. The molecule has 18 atom stereocenters. The lowest BCUT2D eigenvalue weighted by atomic mass is 9.88. The Morgan fingerprint density at radius 2 is 1.02 bits per heavy atom. The third-order valence-corrected chi connectivity index (χ3v) is 10.2. The van der Waals surface area contributed by atoms with Crippen LogP contribution in [0.2, 0.25) is 0 Å². The summed E-state index contributed by atoms with van der Waals surface area (Å²) in [6.45, 7) is 12.9. The Labute approximate surface area is 276 Å². The van der Waals surface area contributed by atoms with E-state index in [2.05, 4.69) is 0 Å². The molecule has 0 bridgehead atoms. The van der Waals surface area contributed by atoms with Crippen molar-refractivity contribution < 1.29 is 61.9 Å². The average Bonchev–Trinajstić information content (AvgIpc) is 3.06. The Balaban J connectivity index is 1.10. The van der Waals surface area contributed by atoms with Gasteiger partial charge in [-0.2, -0.15) is 0 Å². The van der Waals surface area contributed by atoms with E-state index >= 15 is 0 Å². The van der Waals surface area contributed by atoms with Crippen LogP contribution in [0, 0.1) is 17.8 Å². The van der Waals surface area contributed by atoms with Crippen molar-refractivity contribution in [2.45, 2.75) is 141 Å². The maximum Gasteiger partial charge on any atom is 0.163 e. The van der Waals surface area contributed by atoms with Crippen LogP contribution in [0.15, 0.2) is 30.3 Å². The summed E-state index contributed by atoms with van der Waals surface area (Å²) >= 11 is 0. The fourth-order valence-electron chi connectivity index (χ4n) is 7.47. The average molecular weight is 667 g/mol. The van der Waals surface area contributed by atoms with Gasteiger partial charge in [0, 0.05) is 17.8 Å². The fraction of sp³-hybridized carbons (Fsp3) is 0.824. The zero-order valence-electron chi connectivity index (χ0n) is 28.0. The molecule has 18 unspecified atom stereocenters. The van der Waals surface area contributed by atoms with E-state index < -0.39 is 86.6 Å². The number of aliphatic hydroxyl groups excluding tert-OH is 1. The van der Waals surface area contributed by atoms with Gasteiger partial charge < -0.3 is 61.9 Å². The highest BCUT2D eigenvalue weighted by Crippen LogP contribution is 2.41. The fourth-order valence-corrected chi connectivity index (χ4v) is 7.47. The standard InChI is InChI=1S/C34H50O13/c1-16-26(35)29-23(13-36-19(4)40-29)44-33(16)46-28-18(3)34(45-25-15-38-21(6)42-31(25)28)47-27-17(2)32(39-12-22-10-8-7-9-11-22)43-24-14-37-20(5)41-30(24)27/h7-11,16-21,23-35H,12-15H2,1-6H3. The number of fused-ring (bicyclic) bond motifs is 3. The smallest absolute Gasteiger partial charge is 0.163 e. The molecule has 0 aliphatic carbocycles. The molecular weight excluding hydrogens is 616 g/mol. The van der Waals surface area contributed by atoms with Crippen LogP contribution in [0.5, 0.6) is 0 Å². The second-order valence-corrected chi connectivity index (χ2v) is 13.7. The van der Waals surface area contributed by atoms with Crippen molar-refractivity contribution in [1.82, 2.24) is 0 Å². The summed E-state index contributed by atoms with van der Waals surface area (Å²) in [5.41, 5.74) is 1.05. The normalized spacial score (nSPS) is 50.2. The molecule has 1 N–H and O–H groups in total. The molecule has 1 aromatic rings. The Morgan fingerprint density at radius 1 is 0.574 bits per heavy atom. The number of hydrogen-bond acceptors (Lipinski definition) is 13. The second kappa shape index (κ2) is 14.5. The molecule has 1 aromatic carbocycles. The van der Waals surface area contributed by atoms with Crippen molar-refractivity contribution in [2.24, 2.45) is 17.8 Å². The van der Waals surface area contributed by atoms with Crippen molar-refractivity contribution in [3.05, 3.63) is 35.9 Å². The van der Waals surface area contributed by atoms with Crippen molar-refractivity contribution in [1.29, 1.82) is 0 Å². The Kier molecular flexibility index (Phi) is 10.5. The number of rotatable bonds is 7. The SMILES string of the molecule is CC1OCC2OC(OC3C(C)C(OC4C(C)C(OCc5ccccc5)OC5COC(C)OC54)OC4COC(C)OC43)C(C)C(O)C2O1. The van der Waals surface area contributed by atoms with Gasteiger partial charge in [-0.15, -0.1) is 0 Å². The molecule has 6 aliphatic heterocycles. The molecule has 0 radical (unpaired) electrons. The first kappa shape index (κ1) is 34.2. The van der Waals surface area contributed by atoms with E-state index in [-0.39, 0.29) is 23.9 Å². The van der Waals surface area contributed by atoms with E-state index in [0.29, 0.717) is 26.4 Å². The maximum atomic E-state index is 11.2. The molecule has 0 aromatic heterocycles. The van der Waals surface area contributed by atoms with Crippen LogP contribution < -0.4 is 0 Å². The van der Waals surface area contributed by atoms with Crippen molar-refractivity contribution in [2.75, 3.05) is 19.8 Å². The van der Waals surface area contributed by atoms with E-state index in [1.165, 1.54) is 0 Å². The summed E-state index contributed by atoms with van der Waals surface area (Å²) in [7, 11) is 0. The number of hydrogen-bond donors (Lipinski definition) is 1. The Morgan fingerprint density at radius 3 is 1.57 bits per heavy atom. The molecular formula is C34H50O13. The lowest BCUT2D eigenvalue weighted by Crippen LogP contribution is -2.66. The molecule has 6 saturated heterocycles. The van der Waals surface area contributed by atoms with Crippen LogP contribution in [0.25, 0.3) is 0 Å².